The van der Waals surface area contributed by atoms with Crippen molar-refractivity contribution < 1.29 is 13.6 Å². The van der Waals surface area contributed by atoms with Gasteiger partial charge in [0, 0.05) is 31.3 Å². The molecule has 1 saturated heterocycles. The number of carbonyl (C=O) groups excluding carboxylic acids is 1. The summed E-state index contributed by atoms with van der Waals surface area (Å²) in [6.45, 7) is 3.02. The second-order valence-corrected chi connectivity index (χ2v) is 6.47. The summed E-state index contributed by atoms with van der Waals surface area (Å²) >= 11 is 0. The SMILES string of the molecule is Cc1ccccc1CCC(=O)N1CCC2(CC1)CC2(F)F. The zero-order chi connectivity index (χ0) is 15.1. The van der Waals surface area contributed by atoms with Crippen LogP contribution in [0.2, 0.25) is 0 Å². The molecule has 0 aromatic heterocycles. The van der Waals surface area contributed by atoms with Gasteiger partial charge in [0.2, 0.25) is 5.91 Å². The number of benzene rings is 1. The number of halogens is 2. The molecule has 1 aromatic rings. The minimum atomic E-state index is -2.48. The maximum absolute atomic E-state index is 13.3. The first-order valence-corrected chi connectivity index (χ1v) is 7.64. The summed E-state index contributed by atoms with van der Waals surface area (Å²) in [4.78, 5) is 14.0. The molecule has 0 atom stereocenters. The first-order valence-electron chi connectivity index (χ1n) is 7.64. The molecule has 0 radical (unpaired) electrons. The van der Waals surface area contributed by atoms with E-state index in [1.165, 1.54) is 11.1 Å². The molecule has 21 heavy (non-hydrogen) atoms. The van der Waals surface area contributed by atoms with Crippen LogP contribution in [0, 0.1) is 12.3 Å². The lowest BCUT2D eigenvalue weighted by atomic mass is 9.92. The number of nitrogens with zero attached hydrogens (tertiary/aromatic N) is 1. The third-order valence-corrected chi connectivity index (χ3v) is 5.15. The van der Waals surface area contributed by atoms with Crippen LogP contribution in [0.5, 0.6) is 0 Å². The smallest absolute Gasteiger partial charge is 0.254 e. The summed E-state index contributed by atoms with van der Waals surface area (Å²) in [6.07, 6.45) is 2.12. The highest BCUT2D eigenvalue weighted by molar-refractivity contribution is 5.76. The molecule has 1 saturated carbocycles. The van der Waals surface area contributed by atoms with Crippen LogP contribution in [-0.2, 0) is 11.2 Å². The minimum absolute atomic E-state index is 0.0191. The van der Waals surface area contributed by atoms with Gasteiger partial charge in [-0.2, -0.15) is 0 Å². The lowest BCUT2D eigenvalue weighted by Gasteiger charge is -2.32. The fraction of sp³-hybridized carbons (Fsp3) is 0.588. The Labute approximate surface area is 124 Å². The summed E-state index contributed by atoms with van der Waals surface area (Å²) in [7, 11) is 0. The van der Waals surface area contributed by atoms with Crippen molar-refractivity contribution in [1.29, 1.82) is 0 Å². The van der Waals surface area contributed by atoms with Crippen LogP contribution in [-0.4, -0.2) is 29.8 Å². The Morgan fingerprint density at radius 2 is 1.86 bits per heavy atom. The molecule has 3 rings (SSSR count). The van der Waals surface area contributed by atoms with Crippen LogP contribution >= 0.6 is 0 Å². The van der Waals surface area contributed by atoms with Crippen molar-refractivity contribution in [2.45, 2.75) is 45.0 Å². The monoisotopic (exact) mass is 293 g/mol. The van der Waals surface area contributed by atoms with Gasteiger partial charge in [-0.3, -0.25) is 4.79 Å². The van der Waals surface area contributed by atoms with Gasteiger partial charge in [0.25, 0.3) is 5.92 Å². The van der Waals surface area contributed by atoms with Crippen molar-refractivity contribution in [3.8, 4) is 0 Å². The van der Waals surface area contributed by atoms with Crippen molar-refractivity contribution in [3.05, 3.63) is 35.4 Å². The number of alkyl halides is 2. The second-order valence-electron chi connectivity index (χ2n) is 6.47. The summed E-state index contributed by atoms with van der Waals surface area (Å²) in [5, 5.41) is 0. The largest absolute Gasteiger partial charge is 0.343 e. The molecular weight excluding hydrogens is 272 g/mol. The Balaban J connectivity index is 1.50. The Bertz CT molecular complexity index is 547. The predicted molar refractivity (Wildman–Crippen MR) is 77.3 cm³/mol. The van der Waals surface area contributed by atoms with E-state index in [0.29, 0.717) is 32.4 Å². The second kappa shape index (κ2) is 5.08. The van der Waals surface area contributed by atoms with E-state index in [-0.39, 0.29) is 12.3 Å². The van der Waals surface area contributed by atoms with Gasteiger partial charge in [-0.05, 0) is 37.3 Å². The summed E-state index contributed by atoms with van der Waals surface area (Å²) in [5.74, 6) is -2.39. The molecule has 1 amide bonds. The van der Waals surface area contributed by atoms with Crippen LogP contribution in [0.15, 0.2) is 24.3 Å². The normalized spacial score (nSPS) is 22.3. The summed E-state index contributed by atoms with van der Waals surface area (Å²) in [5.41, 5.74) is 1.60. The number of likely N-dealkylation sites (tertiary alicyclic amines) is 1. The van der Waals surface area contributed by atoms with Gasteiger partial charge in [0.15, 0.2) is 0 Å². The maximum atomic E-state index is 13.3. The third-order valence-electron chi connectivity index (χ3n) is 5.15. The van der Waals surface area contributed by atoms with E-state index in [4.69, 9.17) is 0 Å². The predicted octanol–water partition coefficient (Wildman–Crippen LogP) is 3.58. The molecule has 4 heteroatoms. The molecule has 2 aliphatic rings. The van der Waals surface area contributed by atoms with Gasteiger partial charge in [-0.25, -0.2) is 8.78 Å². The van der Waals surface area contributed by atoms with Gasteiger partial charge < -0.3 is 4.90 Å². The van der Waals surface area contributed by atoms with Crippen LogP contribution in [0.3, 0.4) is 0 Å². The maximum Gasteiger partial charge on any atom is 0.254 e. The minimum Gasteiger partial charge on any atom is -0.343 e. The zero-order valence-corrected chi connectivity index (χ0v) is 12.4. The number of amides is 1. The van der Waals surface area contributed by atoms with Crippen molar-refractivity contribution in [2.75, 3.05) is 13.1 Å². The van der Waals surface area contributed by atoms with Crippen molar-refractivity contribution in [2.24, 2.45) is 5.41 Å². The van der Waals surface area contributed by atoms with Crippen molar-refractivity contribution in [3.63, 3.8) is 0 Å². The Hall–Kier alpha value is -1.45. The topological polar surface area (TPSA) is 20.3 Å². The summed E-state index contributed by atoms with van der Waals surface area (Å²) in [6, 6.07) is 8.05. The lowest BCUT2D eigenvalue weighted by molar-refractivity contribution is -0.133. The highest BCUT2D eigenvalue weighted by Crippen LogP contribution is 2.65. The average molecular weight is 293 g/mol. The first-order chi connectivity index (χ1) is 9.94. The number of hydrogen-bond acceptors (Lipinski definition) is 1. The Morgan fingerprint density at radius 1 is 1.24 bits per heavy atom. The van der Waals surface area contributed by atoms with Gasteiger partial charge in [-0.15, -0.1) is 0 Å². The number of rotatable bonds is 3. The number of aryl methyl sites for hydroxylation is 2. The molecule has 2 fully saturated rings. The van der Waals surface area contributed by atoms with E-state index in [9.17, 15) is 13.6 Å². The number of carbonyl (C=O) groups is 1. The van der Waals surface area contributed by atoms with E-state index < -0.39 is 11.3 Å². The molecule has 0 unspecified atom stereocenters. The Kier molecular flexibility index (Phi) is 3.50. The van der Waals surface area contributed by atoms with Gasteiger partial charge in [0.1, 0.15) is 0 Å². The fourth-order valence-electron chi connectivity index (χ4n) is 3.40. The van der Waals surface area contributed by atoms with E-state index in [0.717, 1.165) is 6.42 Å². The number of piperidine rings is 1. The number of hydrogen-bond donors (Lipinski definition) is 0. The molecule has 1 spiro atoms. The van der Waals surface area contributed by atoms with Crippen molar-refractivity contribution >= 4 is 5.91 Å². The van der Waals surface area contributed by atoms with Crippen LogP contribution in [0.4, 0.5) is 8.78 Å². The fourth-order valence-corrected chi connectivity index (χ4v) is 3.40. The first kappa shape index (κ1) is 14.5. The molecule has 0 N–H and O–H groups in total. The quantitative estimate of drug-likeness (QED) is 0.834. The molecule has 114 valence electrons. The van der Waals surface area contributed by atoms with Crippen LogP contribution in [0.1, 0.15) is 36.8 Å². The van der Waals surface area contributed by atoms with E-state index in [1.54, 1.807) is 4.90 Å². The molecule has 0 bridgehead atoms. The molecule has 1 aliphatic heterocycles. The molecule has 1 aliphatic carbocycles. The van der Waals surface area contributed by atoms with Crippen molar-refractivity contribution in [1.82, 2.24) is 4.90 Å². The highest BCUT2D eigenvalue weighted by atomic mass is 19.3. The van der Waals surface area contributed by atoms with Crippen LogP contribution < -0.4 is 0 Å². The molecular formula is C17H21F2NO. The molecule has 1 heterocycles. The van der Waals surface area contributed by atoms with E-state index in [1.807, 2.05) is 31.2 Å². The van der Waals surface area contributed by atoms with E-state index in [2.05, 4.69) is 0 Å². The molecule has 1 aromatic carbocycles. The molecule has 2 nitrogen and oxygen atoms in total. The standard InChI is InChI=1S/C17H21F2NO/c1-13-4-2-3-5-14(13)6-7-15(21)20-10-8-16(9-11-20)12-17(16,18)19/h2-5H,6-12H2,1H3. The van der Waals surface area contributed by atoms with Gasteiger partial charge >= 0.3 is 0 Å². The van der Waals surface area contributed by atoms with E-state index >= 15 is 0 Å². The third kappa shape index (κ3) is 2.68. The zero-order valence-electron chi connectivity index (χ0n) is 12.4. The average Bonchev–Trinajstić information content (AvgIpc) is 2.98. The Morgan fingerprint density at radius 3 is 2.43 bits per heavy atom. The lowest BCUT2D eigenvalue weighted by Crippen LogP contribution is -2.40. The van der Waals surface area contributed by atoms with Gasteiger partial charge in [-0.1, -0.05) is 24.3 Å². The van der Waals surface area contributed by atoms with Crippen LogP contribution in [0.25, 0.3) is 0 Å². The summed E-state index contributed by atoms with van der Waals surface area (Å²) < 4.78 is 26.6. The van der Waals surface area contributed by atoms with Gasteiger partial charge in [0.05, 0.1) is 0 Å². The highest BCUT2D eigenvalue weighted by Gasteiger charge is 2.70.